The van der Waals surface area contributed by atoms with Gasteiger partial charge in [0.2, 0.25) is 0 Å². The molecule has 0 radical (unpaired) electrons. The van der Waals surface area contributed by atoms with E-state index in [4.69, 9.17) is 62.6 Å². The van der Waals surface area contributed by atoms with Gasteiger partial charge in [-0.2, -0.15) is 0 Å². The summed E-state index contributed by atoms with van der Waals surface area (Å²) in [6.45, 7) is -4.87. The molecule has 22 aliphatic rings. The molecule has 31 heteroatoms. The Bertz CT molecular complexity index is 1570. The van der Waals surface area contributed by atoms with Crippen molar-refractivity contribution in [2.45, 2.75) is 184 Å². The van der Waals surface area contributed by atoms with Crippen molar-refractivity contribution in [2.75, 3.05) is 52.7 Å². The standard InChI is InChI=1S/C38H66N2O29/c39-1-2-40-3-9-27-15(46)21(52)33(58-9)65-28-10(4-41)60-35(23(54)17(28)48)67-30-12(6-43)62-37(25(56)19(30)50)69-32-14(8-45)63-38(26(57)20(32)51)68-31-13(7-44)61-36(24(55)18(31)49)66-29-11(5-42)59-34(64-27)22(53)16(29)47/h9-38,40-57H,1-8,39H2/t9-,10-,11-,12-,13-,14-,15-,16-,17-,18-,19-,20-,21-,22-,23-,24-,25-,26-,27-,28-,29-,30-,31-,32-,33-,34-,35-,36-,37-,38-/m1/s1. The first-order valence-corrected chi connectivity index (χ1v) is 22.4. The molecule has 0 aromatic rings. The van der Waals surface area contributed by atoms with Crippen LogP contribution < -0.4 is 11.1 Å². The Morgan fingerprint density at radius 3 is 0.652 bits per heavy atom. The van der Waals surface area contributed by atoms with Gasteiger partial charge in [0.15, 0.2) is 37.7 Å². The van der Waals surface area contributed by atoms with Crippen LogP contribution in [0.25, 0.3) is 0 Å². The van der Waals surface area contributed by atoms with Crippen LogP contribution in [0.4, 0.5) is 0 Å². The first-order valence-electron chi connectivity index (χ1n) is 22.4. The number of hydrogen-bond donors (Lipinski definition) is 19. The maximum Gasteiger partial charge on any atom is 0.187 e. The smallest absolute Gasteiger partial charge is 0.187 e. The zero-order chi connectivity index (χ0) is 50.2. The third-order valence-corrected chi connectivity index (χ3v) is 13.2. The summed E-state index contributed by atoms with van der Waals surface area (Å²) in [5.41, 5.74) is 5.63. The Kier molecular flexibility index (Phi) is 19.3. The Hall–Kier alpha value is -1.24. The number of ether oxygens (including phenoxy) is 12. The molecule has 12 bridgehead atoms. The molecule has 0 unspecified atom stereocenters. The van der Waals surface area contributed by atoms with Crippen molar-refractivity contribution in [1.29, 1.82) is 0 Å². The normalized spacial score (nSPS) is 53.5. The summed E-state index contributed by atoms with van der Waals surface area (Å²) in [6, 6.07) is 0. The van der Waals surface area contributed by atoms with Gasteiger partial charge in [-0.25, -0.2) is 0 Å². The highest BCUT2D eigenvalue weighted by molar-refractivity contribution is 5.01. The minimum Gasteiger partial charge on any atom is -0.394 e. The Morgan fingerprint density at radius 2 is 0.464 bits per heavy atom. The summed E-state index contributed by atoms with van der Waals surface area (Å²) in [7, 11) is 0. The summed E-state index contributed by atoms with van der Waals surface area (Å²) in [5.74, 6) is 0. The highest BCUT2D eigenvalue weighted by Crippen LogP contribution is 2.38. The van der Waals surface area contributed by atoms with Crippen molar-refractivity contribution >= 4 is 0 Å². The molecule has 22 heterocycles. The molecule has 0 saturated carbocycles. The third kappa shape index (κ3) is 11.2. The van der Waals surface area contributed by atoms with Crippen molar-refractivity contribution in [3.05, 3.63) is 0 Å². The predicted octanol–water partition coefficient (Wildman–Crippen LogP) is -13.5. The molecule has 402 valence electrons. The van der Waals surface area contributed by atoms with Crippen LogP contribution in [0.1, 0.15) is 0 Å². The van der Waals surface area contributed by atoms with Gasteiger partial charge in [-0.1, -0.05) is 0 Å². The lowest BCUT2D eigenvalue weighted by atomic mass is 9.94. The molecule has 22 saturated heterocycles. The lowest BCUT2D eigenvalue weighted by Crippen LogP contribution is -2.69. The van der Waals surface area contributed by atoms with Crippen LogP contribution in [0.3, 0.4) is 0 Å². The van der Waals surface area contributed by atoms with Gasteiger partial charge in [0.05, 0.1) is 33.0 Å². The molecule has 0 aromatic carbocycles. The third-order valence-electron chi connectivity index (χ3n) is 13.2. The van der Waals surface area contributed by atoms with E-state index in [1.165, 1.54) is 0 Å². The van der Waals surface area contributed by atoms with Crippen LogP contribution in [0.5, 0.6) is 0 Å². The Morgan fingerprint density at radius 1 is 0.275 bits per heavy atom. The topological polar surface area (TPSA) is 493 Å². The lowest BCUT2D eigenvalue weighted by molar-refractivity contribution is -0.403. The quantitative estimate of drug-likeness (QED) is 0.0954. The predicted molar refractivity (Wildman–Crippen MR) is 211 cm³/mol. The first-order chi connectivity index (χ1) is 32.9. The number of aliphatic hydroxyl groups is 17. The van der Waals surface area contributed by atoms with E-state index in [-0.39, 0.29) is 19.6 Å². The second kappa shape index (κ2) is 24.0. The molecule has 22 fully saturated rings. The van der Waals surface area contributed by atoms with E-state index in [0.29, 0.717) is 0 Å². The number of aliphatic hydroxyl groups excluding tert-OH is 17. The largest absolute Gasteiger partial charge is 0.394 e. The summed E-state index contributed by atoms with van der Waals surface area (Å²) < 4.78 is 69.1. The molecule has 0 amide bonds. The molecule has 0 aliphatic carbocycles. The molecule has 0 aromatic heterocycles. The van der Waals surface area contributed by atoms with Crippen LogP contribution in [-0.2, 0) is 56.8 Å². The zero-order valence-corrected chi connectivity index (χ0v) is 36.6. The summed E-state index contributed by atoms with van der Waals surface area (Å²) in [4.78, 5) is 0. The summed E-state index contributed by atoms with van der Waals surface area (Å²) >= 11 is 0. The maximum atomic E-state index is 11.5. The van der Waals surface area contributed by atoms with Crippen molar-refractivity contribution in [2.24, 2.45) is 5.73 Å². The van der Waals surface area contributed by atoms with E-state index >= 15 is 0 Å². The van der Waals surface area contributed by atoms with Gasteiger partial charge in [-0.05, 0) is 0 Å². The molecular weight excluding hydrogens is 948 g/mol. The highest BCUT2D eigenvalue weighted by Gasteiger charge is 2.58. The van der Waals surface area contributed by atoms with Crippen molar-refractivity contribution in [3.63, 3.8) is 0 Å². The monoisotopic (exact) mass is 1010 g/mol. The molecule has 30 atom stereocenters. The van der Waals surface area contributed by atoms with Crippen molar-refractivity contribution < 1.29 is 144 Å². The first kappa shape index (κ1) is 55.5. The number of rotatable bonds is 9. The van der Waals surface area contributed by atoms with Gasteiger partial charge in [0.25, 0.3) is 0 Å². The molecule has 0 spiro atoms. The number of nitrogens with two attached hydrogens (primary N) is 1. The molecule has 22 rings (SSSR count). The lowest BCUT2D eigenvalue weighted by Gasteiger charge is -2.50. The van der Waals surface area contributed by atoms with E-state index in [2.05, 4.69) is 5.32 Å². The van der Waals surface area contributed by atoms with E-state index in [0.717, 1.165) is 0 Å². The Labute approximate surface area is 391 Å². The van der Waals surface area contributed by atoms with E-state index in [1.807, 2.05) is 0 Å². The fourth-order valence-electron chi connectivity index (χ4n) is 9.29. The van der Waals surface area contributed by atoms with Crippen LogP contribution in [0.2, 0.25) is 0 Å². The fourth-order valence-corrected chi connectivity index (χ4v) is 9.29. The van der Waals surface area contributed by atoms with Gasteiger partial charge in [0.1, 0.15) is 146 Å². The molecule has 69 heavy (non-hydrogen) atoms. The SMILES string of the molecule is NCCNC[C@H]1O[C@@H]2O[C@H]3[C@H](O)[C@@H](O)[C@@H](O[C@H]4[C@H](O)[C@@H](O)[C@@H](O[C@H]5[C@H](O)[C@@H](O)[C@@H](O[C@H]6[C@H](O)[C@@H](O)[C@@H](O[C@H]7[C@H](O)[C@@H](O)[C@@H](O[C@H]1[C@H](O)[C@H]2O)O[C@@H]7CO)O[C@@H]6CO)O[C@@H]5CO)O[C@@H]4CO)O[C@@H]3CO. The van der Waals surface area contributed by atoms with Gasteiger partial charge in [-0.3, -0.25) is 0 Å². The van der Waals surface area contributed by atoms with Crippen molar-refractivity contribution in [3.8, 4) is 0 Å². The maximum absolute atomic E-state index is 11.5. The minimum atomic E-state index is -2.14. The van der Waals surface area contributed by atoms with E-state index in [1.54, 1.807) is 0 Å². The van der Waals surface area contributed by atoms with Crippen molar-refractivity contribution in [1.82, 2.24) is 5.32 Å². The van der Waals surface area contributed by atoms with E-state index < -0.39 is 217 Å². The van der Waals surface area contributed by atoms with Gasteiger partial charge in [0, 0.05) is 19.6 Å². The molecular formula is C38H66N2O29. The van der Waals surface area contributed by atoms with Crippen LogP contribution in [0.15, 0.2) is 0 Å². The second-order valence-electron chi connectivity index (χ2n) is 17.7. The van der Waals surface area contributed by atoms with Gasteiger partial charge < -0.3 is 155 Å². The van der Waals surface area contributed by atoms with Crippen LogP contribution in [0, 0.1) is 0 Å². The van der Waals surface area contributed by atoms with E-state index in [9.17, 15) is 86.8 Å². The number of hydrogen-bond acceptors (Lipinski definition) is 31. The average molecular weight is 1010 g/mol. The number of nitrogens with one attached hydrogen (secondary N) is 1. The second-order valence-corrected chi connectivity index (χ2v) is 17.7. The fraction of sp³-hybridized carbons (Fsp3) is 1.00. The van der Waals surface area contributed by atoms with Gasteiger partial charge >= 0.3 is 0 Å². The zero-order valence-electron chi connectivity index (χ0n) is 36.6. The minimum absolute atomic E-state index is 0.109. The molecule has 20 N–H and O–H groups in total. The Balaban J connectivity index is 1.20. The molecule has 31 nitrogen and oxygen atoms in total. The highest BCUT2D eigenvalue weighted by atomic mass is 16.8. The summed E-state index contributed by atoms with van der Waals surface area (Å²) in [5, 5.41) is 190. The van der Waals surface area contributed by atoms with Crippen LogP contribution >= 0.6 is 0 Å². The van der Waals surface area contributed by atoms with Gasteiger partial charge in [-0.15, -0.1) is 0 Å². The average Bonchev–Trinajstić information content (AvgIpc) is 3.34. The molecule has 22 aliphatic heterocycles. The summed E-state index contributed by atoms with van der Waals surface area (Å²) in [6.07, 6.45) is -57.4. The van der Waals surface area contributed by atoms with Crippen LogP contribution in [-0.4, -0.2) is 324 Å².